The van der Waals surface area contributed by atoms with Crippen molar-refractivity contribution in [2.45, 2.75) is 53.1 Å². The number of rotatable bonds is 7. The predicted molar refractivity (Wildman–Crippen MR) is 109 cm³/mol. The van der Waals surface area contributed by atoms with E-state index in [1.165, 1.54) is 0 Å². The molecule has 1 amide bonds. The first-order valence-corrected chi connectivity index (χ1v) is 10.0. The van der Waals surface area contributed by atoms with Crippen LogP contribution in [0.2, 0.25) is 0 Å². The smallest absolute Gasteiger partial charge is 0.410 e. The first kappa shape index (κ1) is 22.0. The fraction of sp³-hybridized carbons (Fsp3) is 0.789. The molecule has 158 valence electrons. The van der Waals surface area contributed by atoms with Crippen LogP contribution in [0.25, 0.3) is 0 Å². The Morgan fingerprint density at radius 1 is 1.04 bits per heavy atom. The minimum atomic E-state index is -0.493. The van der Waals surface area contributed by atoms with Crippen LogP contribution in [0.15, 0.2) is 0 Å². The van der Waals surface area contributed by atoms with Gasteiger partial charge in [0.1, 0.15) is 5.60 Å². The molecular formula is C19H34N6O3. The number of piperazine rings is 1. The Hall–Kier alpha value is -2.32. The van der Waals surface area contributed by atoms with Crippen molar-refractivity contribution in [2.75, 3.05) is 56.2 Å². The van der Waals surface area contributed by atoms with E-state index in [0.29, 0.717) is 44.1 Å². The molecule has 28 heavy (non-hydrogen) atoms. The van der Waals surface area contributed by atoms with Crippen molar-refractivity contribution >= 4 is 18.0 Å². The Bertz CT molecular complexity index is 635. The summed E-state index contributed by atoms with van der Waals surface area (Å²) >= 11 is 0. The SMILES string of the molecule is CCCN(CCC)c1nc(OC)nc(N2CCN(C(=O)OC(C)(C)C)CC2)n1. The van der Waals surface area contributed by atoms with Gasteiger partial charge in [0.25, 0.3) is 0 Å². The average molecular weight is 395 g/mol. The van der Waals surface area contributed by atoms with Gasteiger partial charge in [-0.3, -0.25) is 0 Å². The second-order valence-electron chi connectivity index (χ2n) is 7.86. The molecule has 1 aliphatic heterocycles. The van der Waals surface area contributed by atoms with Crippen LogP contribution in [-0.4, -0.2) is 77.9 Å². The van der Waals surface area contributed by atoms with Gasteiger partial charge in [0.15, 0.2) is 0 Å². The fourth-order valence-electron chi connectivity index (χ4n) is 2.98. The molecule has 1 aromatic heterocycles. The van der Waals surface area contributed by atoms with Crippen LogP contribution in [0.1, 0.15) is 47.5 Å². The van der Waals surface area contributed by atoms with Gasteiger partial charge in [0, 0.05) is 39.3 Å². The Labute approximate surface area is 168 Å². The Morgan fingerprint density at radius 3 is 2.14 bits per heavy atom. The molecule has 0 radical (unpaired) electrons. The molecule has 0 aliphatic carbocycles. The van der Waals surface area contributed by atoms with Crippen molar-refractivity contribution in [3.63, 3.8) is 0 Å². The van der Waals surface area contributed by atoms with Crippen LogP contribution in [0.3, 0.4) is 0 Å². The lowest BCUT2D eigenvalue weighted by atomic mass is 10.2. The van der Waals surface area contributed by atoms with E-state index in [4.69, 9.17) is 9.47 Å². The summed E-state index contributed by atoms with van der Waals surface area (Å²) in [5, 5.41) is 0. The zero-order chi connectivity index (χ0) is 20.7. The van der Waals surface area contributed by atoms with Crippen LogP contribution < -0.4 is 14.5 Å². The van der Waals surface area contributed by atoms with Crippen LogP contribution in [0, 0.1) is 0 Å². The third-order valence-corrected chi connectivity index (χ3v) is 4.26. The lowest BCUT2D eigenvalue weighted by Crippen LogP contribution is -2.50. The molecule has 9 nitrogen and oxygen atoms in total. The van der Waals surface area contributed by atoms with Crippen LogP contribution >= 0.6 is 0 Å². The number of methoxy groups -OCH3 is 1. The monoisotopic (exact) mass is 394 g/mol. The fourth-order valence-corrected chi connectivity index (χ4v) is 2.98. The van der Waals surface area contributed by atoms with Crippen LogP contribution in [0.4, 0.5) is 16.7 Å². The molecule has 1 aliphatic rings. The molecule has 2 rings (SSSR count). The number of hydrogen-bond donors (Lipinski definition) is 0. The van der Waals surface area contributed by atoms with Crippen LogP contribution in [0.5, 0.6) is 6.01 Å². The zero-order valence-electron chi connectivity index (χ0n) is 18.1. The second-order valence-corrected chi connectivity index (χ2v) is 7.86. The third kappa shape index (κ3) is 6.10. The molecule has 2 heterocycles. The molecule has 1 saturated heterocycles. The molecule has 0 bridgehead atoms. The maximum Gasteiger partial charge on any atom is 0.410 e. The third-order valence-electron chi connectivity index (χ3n) is 4.26. The average Bonchev–Trinajstić information content (AvgIpc) is 2.66. The van der Waals surface area contributed by atoms with Gasteiger partial charge in [-0.2, -0.15) is 15.0 Å². The van der Waals surface area contributed by atoms with Crippen molar-refractivity contribution in [1.82, 2.24) is 19.9 Å². The number of aromatic nitrogens is 3. The quantitative estimate of drug-likeness (QED) is 0.698. The van der Waals surface area contributed by atoms with Crippen molar-refractivity contribution in [1.29, 1.82) is 0 Å². The second kappa shape index (κ2) is 9.75. The normalized spacial score (nSPS) is 14.8. The summed E-state index contributed by atoms with van der Waals surface area (Å²) in [6, 6.07) is 0.312. The number of carbonyl (C=O) groups excluding carboxylic acids is 1. The van der Waals surface area contributed by atoms with E-state index >= 15 is 0 Å². The van der Waals surface area contributed by atoms with Gasteiger partial charge in [-0.1, -0.05) is 13.8 Å². The standard InChI is InChI=1S/C19H34N6O3/c1-7-9-23(10-8-2)15-20-16(22-17(21-15)27-6)24-11-13-25(14-12-24)18(26)28-19(3,4)5/h7-14H2,1-6H3. The van der Waals surface area contributed by atoms with E-state index in [1.807, 2.05) is 20.8 Å². The largest absolute Gasteiger partial charge is 0.467 e. The molecule has 1 fully saturated rings. The molecular weight excluding hydrogens is 360 g/mol. The topological polar surface area (TPSA) is 83.9 Å². The molecule has 0 aromatic carbocycles. The number of hydrogen-bond acceptors (Lipinski definition) is 8. The number of anilines is 2. The van der Waals surface area contributed by atoms with E-state index in [-0.39, 0.29) is 6.09 Å². The first-order valence-electron chi connectivity index (χ1n) is 10.0. The zero-order valence-corrected chi connectivity index (χ0v) is 18.1. The predicted octanol–water partition coefficient (Wildman–Crippen LogP) is 2.56. The Morgan fingerprint density at radius 2 is 1.64 bits per heavy atom. The van der Waals surface area contributed by atoms with Gasteiger partial charge < -0.3 is 24.2 Å². The minimum Gasteiger partial charge on any atom is -0.467 e. The maximum absolute atomic E-state index is 12.3. The number of nitrogens with zero attached hydrogens (tertiary/aromatic N) is 6. The van der Waals surface area contributed by atoms with E-state index in [0.717, 1.165) is 25.9 Å². The summed E-state index contributed by atoms with van der Waals surface area (Å²) in [5.41, 5.74) is -0.493. The number of carbonyl (C=O) groups is 1. The number of amides is 1. The van der Waals surface area contributed by atoms with Gasteiger partial charge >= 0.3 is 12.1 Å². The maximum atomic E-state index is 12.3. The summed E-state index contributed by atoms with van der Waals surface area (Å²) in [7, 11) is 1.56. The lowest BCUT2D eigenvalue weighted by Gasteiger charge is -2.35. The molecule has 0 unspecified atom stereocenters. The van der Waals surface area contributed by atoms with E-state index in [9.17, 15) is 4.79 Å². The molecule has 0 N–H and O–H groups in total. The van der Waals surface area contributed by atoms with E-state index in [2.05, 4.69) is 38.6 Å². The Balaban J connectivity index is 2.11. The molecule has 1 aromatic rings. The molecule has 9 heteroatoms. The lowest BCUT2D eigenvalue weighted by molar-refractivity contribution is 0.0240. The van der Waals surface area contributed by atoms with Crippen molar-refractivity contribution in [3.05, 3.63) is 0 Å². The van der Waals surface area contributed by atoms with Crippen molar-refractivity contribution in [2.24, 2.45) is 0 Å². The summed E-state index contributed by atoms with van der Waals surface area (Å²) in [6.07, 6.45) is 1.74. The van der Waals surface area contributed by atoms with Crippen LogP contribution in [-0.2, 0) is 4.74 Å². The van der Waals surface area contributed by atoms with E-state index < -0.39 is 5.60 Å². The highest BCUT2D eigenvalue weighted by Crippen LogP contribution is 2.20. The Kier molecular flexibility index (Phi) is 7.65. The highest BCUT2D eigenvalue weighted by Gasteiger charge is 2.27. The van der Waals surface area contributed by atoms with Gasteiger partial charge in [-0.15, -0.1) is 0 Å². The molecule has 0 atom stereocenters. The van der Waals surface area contributed by atoms with Gasteiger partial charge in [-0.25, -0.2) is 4.79 Å². The summed E-state index contributed by atoms with van der Waals surface area (Å²) in [5.74, 6) is 1.23. The highest BCUT2D eigenvalue weighted by atomic mass is 16.6. The first-order chi connectivity index (χ1) is 13.3. The summed E-state index contributed by atoms with van der Waals surface area (Å²) < 4.78 is 10.8. The van der Waals surface area contributed by atoms with Gasteiger partial charge in [0.05, 0.1) is 7.11 Å². The van der Waals surface area contributed by atoms with Crippen molar-refractivity contribution in [3.8, 4) is 6.01 Å². The van der Waals surface area contributed by atoms with Gasteiger partial charge in [-0.05, 0) is 33.6 Å². The summed E-state index contributed by atoms with van der Waals surface area (Å²) in [6.45, 7) is 14.0. The molecule has 0 saturated carbocycles. The van der Waals surface area contributed by atoms with Gasteiger partial charge in [0.2, 0.25) is 11.9 Å². The number of ether oxygens (including phenoxy) is 2. The van der Waals surface area contributed by atoms with Crippen molar-refractivity contribution < 1.29 is 14.3 Å². The molecule has 0 spiro atoms. The minimum absolute atomic E-state index is 0.280. The highest BCUT2D eigenvalue weighted by molar-refractivity contribution is 5.68. The van der Waals surface area contributed by atoms with E-state index in [1.54, 1.807) is 12.0 Å². The summed E-state index contributed by atoms with van der Waals surface area (Å²) in [4.78, 5) is 31.8.